The maximum absolute atomic E-state index is 6.49. The molecule has 0 bridgehead atoms. The van der Waals surface area contributed by atoms with Gasteiger partial charge in [0, 0.05) is 147 Å². The highest BCUT2D eigenvalue weighted by Crippen LogP contribution is 2.49. The molecule has 0 saturated carbocycles. The van der Waals surface area contributed by atoms with Crippen LogP contribution in [0.2, 0.25) is 0 Å². The van der Waals surface area contributed by atoms with Gasteiger partial charge in [-0.15, -0.1) is 34.0 Å². The molecule has 0 N–H and O–H groups in total. The maximum Gasteiger partial charge on any atom is 0.143 e. The van der Waals surface area contributed by atoms with Gasteiger partial charge in [0.2, 0.25) is 0 Å². The highest BCUT2D eigenvalue weighted by atomic mass is 32.1. The Morgan fingerprint density at radius 3 is 0.493 bits per heavy atom. The van der Waals surface area contributed by atoms with Crippen molar-refractivity contribution in [2.24, 2.45) is 0 Å². The number of hydrogen-bond acceptors (Lipinski definition) is 10. The van der Waals surface area contributed by atoms with Gasteiger partial charge < -0.3 is 32.9 Å². The normalized spacial score (nSPS) is 11.4. The summed E-state index contributed by atoms with van der Waals surface area (Å²) >= 11 is 5.47. The fourth-order valence-corrected chi connectivity index (χ4v) is 23.6. The molecule has 0 fully saturated rings. The molecule has 0 aliphatic rings. The molecule has 0 aliphatic heterocycles. The molecule has 21 aromatic carbocycles. The van der Waals surface area contributed by atoms with Crippen LogP contribution < -0.4 is 19.6 Å². The molecule has 27 rings (SSSR count). The van der Waals surface area contributed by atoms with Crippen molar-refractivity contribution in [3.8, 4) is 118 Å². The molecule has 6 heterocycles. The zero-order valence-electron chi connectivity index (χ0n) is 80.4. The number of thiophene rings is 3. The minimum atomic E-state index is 0.891. The van der Waals surface area contributed by atoms with E-state index in [0.717, 1.165) is 190 Å². The summed E-state index contributed by atoms with van der Waals surface area (Å²) in [6.45, 7) is 0. The van der Waals surface area contributed by atoms with E-state index >= 15 is 0 Å². The highest BCUT2D eigenvalue weighted by Gasteiger charge is 2.24. The minimum Gasteiger partial charge on any atom is -0.455 e. The van der Waals surface area contributed by atoms with Gasteiger partial charge in [-0.25, -0.2) is 0 Å². The van der Waals surface area contributed by atoms with Gasteiger partial charge in [-0.2, -0.15) is 0 Å². The summed E-state index contributed by atoms with van der Waals surface area (Å²) < 4.78 is 19.4. The average Bonchev–Trinajstić information content (AvgIpc) is 1.59. The first-order valence-electron chi connectivity index (χ1n) is 49.8. The molecule has 0 radical (unpaired) electrons. The van der Waals surface area contributed by atoms with Crippen LogP contribution in [0.4, 0.5) is 68.2 Å². The summed E-state index contributed by atoms with van der Waals surface area (Å²) in [4.78, 5) is 16.8. The third-order valence-corrected chi connectivity index (χ3v) is 31.5. The van der Waals surface area contributed by atoms with Crippen molar-refractivity contribution in [1.82, 2.24) is 0 Å². The number of hydrogen-bond donors (Lipinski definition) is 0. The third-order valence-electron chi connectivity index (χ3n) is 27.9. The van der Waals surface area contributed by atoms with Crippen molar-refractivity contribution in [2.45, 2.75) is 0 Å². The predicted octanol–water partition coefficient (Wildman–Crippen LogP) is 41.5. The second-order valence-electron chi connectivity index (χ2n) is 36.9. The average molecular weight is 1950 g/mol. The molecule has 148 heavy (non-hydrogen) atoms. The largest absolute Gasteiger partial charge is 0.455 e. The molecule has 6 aromatic heterocycles. The topological polar surface area (TPSA) is 52.4 Å². The van der Waals surface area contributed by atoms with Crippen LogP contribution in [0.5, 0.6) is 0 Å². The molecule has 0 atom stereocenters. The first-order chi connectivity index (χ1) is 73.3. The molecular formula is C138H92N4O3S3. The number of rotatable bonds is 23. The monoisotopic (exact) mass is 1950 g/mol. The van der Waals surface area contributed by atoms with Crippen LogP contribution in [0.3, 0.4) is 0 Å². The molecular weight excluding hydrogens is 1860 g/mol. The Morgan fingerprint density at radius 1 is 0.115 bits per heavy atom. The smallest absolute Gasteiger partial charge is 0.143 e. The van der Waals surface area contributed by atoms with Crippen LogP contribution in [0.25, 0.3) is 184 Å². The molecule has 0 amide bonds. The summed E-state index contributed by atoms with van der Waals surface area (Å²) in [5, 5.41) is 6.74. The Labute approximate surface area is 870 Å². The van der Waals surface area contributed by atoms with E-state index in [4.69, 9.17) is 13.3 Å². The van der Waals surface area contributed by atoms with Gasteiger partial charge in [-0.3, -0.25) is 0 Å². The van der Waals surface area contributed by atoms with E-state index in [1.165, 1.54) is 62.6 Å². The highest BCUT2D eigenvalue weighted by molar-refractivity contribution is 7.19. The second kappa shape index (κ2) is 39.6. The lowest BCUT2D eigenvalue weighted by atomic mass is 10.0. The maximum atomic E-state index is 6.49. The van der Waals surface area contributed by atoms with Crippen molar-refractivity contribution in [2.75, 3.05) is 19.6 Å². The van der Waals surface area contributed by atoms with Crippen LogP contribution in [0.1, 0.15) is 0 Å². The fourth-order valence-electron chi connectivity index (χ4n) is 20.5. The van der Waals surface area contributed by atoms with E-state index < -0.39 is 0 Å². The summed E-state index contributed by atoms with van der Waals surface area (Å²) in [6.07, 6.45) is 0. The van der Waals surface area contributed by atoms with Crippen molar-refractivity contribution < 1.29 is 13.3 Å². The third kappa shape index (κ3) is 17.6. The zero-order valence-corrected chi connectivity index (χ0v) is 82.8. The molecule has 10 heteroatoms. The van der Waals surface area contributed by atoms with Gasteiger partial charge in [0.1, 0.15) is 33.5 Å². The van der Waals surface area contributed by atoms with Crippen molar-refractivity contribution in [3.63, 3.8) is 0 Å². The van der Waals surface area contributed by atoms with Gasteiger partial charge in [0.15, 0.2) is 0 Å². The zero-order chi connectivity index (χ0) is 98.2. The van der Waals surface area contributed by atoms with Gasteiger partial charge in [0.05, 0.1) is 0 Å². The van der Waals surface area contributed by atoms with E-state index in [1.54, 1.807) is 0 Å². The second-order valence-corrected chi connectivity index (χ2v) is 40.2. The number of furan rings is 3. The van der Waals surface area contributed by atoms with Crippen LogP contribution in [0.15, 0.2) is 571 Å². The Kier molecular flexibility index (Phi) is 23.9. The summed E-state index contributed by atoms with van der Waals surface area (Å²) in [7, 11) is 0. The molecule has 0 spiro atoms. The Morgan fingerprint density at radius 2 is 0.277 bits per heavy atom. The minimum absolute atomic E-state index is 0.891. The van der Waals surface area contributed by atoms with Crippen molar-refractivity contribution >= 4 is 168 Å². The van der Waals surface area contributed by atoms with E-state index in [9.17, 15) is 0 Å². The standard InChI is InChI=1S/C80H52N2O2S2.C58H40N2OS/c1-3-13-57(14-4-1)75-49-51-77(85-75)59-33-45-65(46-34-59)82(66-47-35-60(36-48-66)78-52-50-76(86-78)58-15-5-2-6-16-58)62-39-27-54(28-40-62)53-25-37-61(38-26-53)81(63-41-29-55(30-42-63)67-19-11-21-71-69-17-7-9-23-73(69)83-79(67)71)64-43-31-56(32-44-64)68-20-12-22-72-70-18-8-10-24-74(70)84-80(68)72;1-4-13-44(14-5-1)56-39-40-57(62-56)45-29-37-51(38-30-45)60(50-35-27-43(28-36-50)52-20-12-21-54-53-19-10-11-22-55(53)61-58(52)54)49-33-25-42(26-34-49)41-23-31-48(32-24-41)59(46-15-6-2-7-16-46)47-17-8-3-9-18-47/h1-52H;1-40H. The number of para-hydroxylation sites is 8. The van der Waals surface area contributed by atoms with Crippen LogP contribution in [0, 0.1) is 0 Å². The molecule has 0 aliphatic carbocycles. The first-order valence-corrected chi connectivity index (χ1v) is 52.3. The molecule has 0 saturated heterocycles. The predicted molar refractivity (Wildman–Crippen MR) is 627 cm³/mol. The number of anilines is 12. The van der Waals surface area contributed by atoms with Gasteiger partial charge >= 0.3 is 0 Å². The summed E-state index contributed by atoms with van der Waals surface area (Å²) in [6, 6.07) is 199. The molecule has 7 nitrogen and oxygen atoms in total. The lowest BCUT2D eigenvalue weighted by molar-refractivity contribution is 0.669. The van der Waals surface area contributed by atoms with Gasteiger partial charge in [-0.1, -0.05) is 358 Å². The Hall–Kier alpha value is -18.7. The summed E-state index contributed by atoms with van der Waals surface area (Å²) in [5.41, 5.74) is 36.7. The fraction of sp³-hybridized carbons (Fsp3) is 0. The summed E-state index contributed by atoms with van der Waals surface area (Å²) in [5.74, 6) is 0. The van der Waals surface area contributed by atoms with Gasteiger partial charge in [-0.05, 0) is 273 Å². The van der Waals surface area contributed by atoms with Crippen LogP contribution in [-0.2, 0) is 0 Å². The number of fused-ring (bicyclic) bond motifs is 9. The quantitative estimate of drug-likeness (QED) is 0.0632. The van der Waals surface area contributed by atoms with Crippen molar-refractivity contribution in [1.29, 1.82) is 0 Å². The van der Waals surface area contributed by atoms with Crippen LogP contribution >= 0.6 is 34.0 Å². The van der Waals surface area contributed by atoms with Crippen molar-refractivity contribution in [3.05, 3.63) is 558 Å². The van der Waals surface area contributed by atoms with Gasteiger partial charge in [0.25, 0.3) is 0 Å². The van der Waals surface area contributed by atoms with E-state index in [1.807, 2.05) is 70.4 Å². The lowest BCUT2D eigenvalue weighted by Crippen LogP contribution is -2.10. The first kappa shape index (κ1) is 89.4. The molecule has 27 aromatic rings. The van der Waals surface area contributed by atoms with E-state index in [-0.39, 0.29) is 0 Å². The Bertz CT molecular complexity index is 9060. The molecule has 0 unspecified atom stereocenters. The van der Waals surface area contributed by atoms with E-state index in [0.29, 0.717) is 0 Å². The SMILES string of the molecule is c1ccc(-c2ccc(-c3ccc(N(c4ccc(-c5ccc(N(c6ccc(-c7cccc8c7oc7ccccc78)cc6)c6ccc(-c7cccc8c7oc7ccccc78)cc6)cc5)cc4)c4ccc(-c5ccc(-c6ccccc6)s5)cc4)cc3)s2)cc1.c1ccc(-c2ccc(-c3ccc(N(c4ccc(-c5ccc(N(c6ccccc6)c6ccccc6)cc5)cc4)c4ccc(-c5cccc6c5oc5ccccc56)cc4)cc3)s2)cc1. The molecule has 700 valence electrons. The Balaban J connectivity index is 0.000000158. The number of benzene rings is 21. The van der Waals surface area contributed by atoms with E-state index in [2.05, 4.69) is 541 Å². The van der Waals surface area contributed by atoms with Crippen LogP contribution in [-0.4, -0.2) is 0 Å². The lowest BCUT2D eigenvalue weighted by Gasteiger charge is -2.27. The number of nitrogens with zero attached hydrogens (tertiary/aromatic N) is 4.